The summed E-state index contributed by atoms with van der Waals surface area (Å²) in [5.41, 5.74) is 1.04. The number of hydrogen-bond donors (Lipinski definition) is 0. The van der Waals surface area contributed by atoms with Crippen LogP contribution >= 0.6 is 15.9 Å². The van der Waals surface area contributed by atoms with Crippen molar-refractivity contribution in [2.45, 2.75) is 20.1 Å². The highest BCUT2D eigenvalue weighted by Gasteiger charge is 2.04. The van der Waals surface area contributed by atoms with E-state index in [-0.39, 0.29) is 0 Å². The van der Waals surface area contributed by atoms with E-state index in [1.807, 2.05) is 36.0 Å². The number of hydrogen-bond acceptors (Lipinski definition) is 3. The second-order valence-electron chi connectivity index (χ2n) is 3.78. The van der Waals surface area contributed by atoms with Crippen molar-refractivity contribution < 1.29 is 9.47 Å². The van der Waals surface area contributed by atoms with Crippen molar-refractivity contribution in [1.29, 1.82) is 0 Å². The average Bonchev–Trinajstić information content (AvgIpc) is 2.86. The highest BCUT2D eigenvalue weighted by atomic mass is 79.9. The first kappa shape index (κ1) is 13.0. The van der Waals surface area contributed by atoms with E-state index in [1.54, 1.807) is 13.3 Å². The number of methoxy groups -OCH3 is 1. The molecule has 0 aliphatic rings. The fourth-order valence-electron chi connectivity index (χ4n) is 1.54. The zero-order chi connectivity index (χ0) is 13.0. The van der Waals surface area contributed by atoms with Gasteiger partial charge in [-0.15, -0.1) is 0 Å². The summed E-state index contributed by atoms with van der Waals surface area (Å²) in [4.78, 5) is 0. The first-order chi connectivity index (χ1) is 8.72. The van der Waals surface area contributed by atoms with Gasteiger partial charge in [-0.25, -0.2) is 0 Å². The van der Waals surface area contributed by atoms with Crippen LogP contribution < -0.4 is 9.47 Å². The summed E-state index contributed by atoms with van der Waals surface area (Å²) in [7, 11) is 1.65. The number of nitrogens with zero attached hydrogens (tertiary/aromatic N) is 2. The Kier molecular flexibility index (Phi) is 4.25. The second-order valence-corrected chi connectivity index (χ2v) is 4.63. The van der Waals surface area contributed by atoms with Crippen LogP contribution in [-0.4, -0.2) is 16.9 Å². The topological polar surface area (TPSA) is 36.3 Å². The Morgan fingerprint density at radius 2 is 2.17 bits per heavy atom. The Hall–Kier alpha value is -1.49. The monoisotopic (exact) mass is 310 g/mol. The molecule has 2 rings (SSSR count). The van der Waals surface area contributed by atoms with E-state index >= 15 is 0 Å². The van der Waals surface area contributed by atoms with Gasteiger partial charge in [-0.1, -0.05) is 15.9 Å². The molecule has 0 spiro atoms. The molecule has 0 atom stereocenters. The molecule has 96 valence electrons. The van der Waals surface area contributed by atoms with Gasteiger partial charge in [0.15, 0.2) is 5.75 Å². The summed E-state index contributed by atoms with van der Waals surface area (Å²) in [5, 5.41) is 4.16. The highest BCUT2D eigenvalue weighted by Crippen LogP contribution is 2.23. The molecule has 0 aliphatic heterocycles. The summed E-state index contributed by atoms with van der Waals surface area (Å²) in [6.45, 7) is 3.36. The predicted octanol–water partition coefficient (Wildman–Crippen LogP) is 3.25. The molecule has 1 aromatic carbocycles. The van der Waals surface area contributed by atoms with Gasteiger partial charge in [0, 0.05) is 16.6 Å². The first-order valence-electron chi connectivity index (χ1n) is 5.70. The normalized spacial score (nSPS) is 10.4. The lowest BCUT2D eigenvalue weighted by Gasteiger charge is -2.08. The van der Waals surface area contributed by atoms with Crippen LogP contribution in [0.25, 0.3) is 0 Å². The summed E-state index contributed by atoms with van der Waals surface area (Å²) < 4.78 is 13.7. The first-order valence-corrected chi connectivity index (χ1v) is 6.50. The average molecular weight is 311 g/mol. The number of ether oxygens (including phenoxy) is 2. The molecule has 18 heavy (non-hydrogen) atoms. The van der Waals surface area contributed by atoms with Gasteiger partial charge < -0.3 is 9.47 Å². The van der Waals surface area contributed by atoms with E-state index in [0.717, 1.165) is 28.1 Å². The van der Waals surface area contributed by atoms with Gasteiger partial charge in [-0.05, 0) is 25.1 Å². The minimum atomic E-state index is 0.479. The summed E-state index contributed by atoms with van der Waals surface area (Å²) in [6, 6.07) is 5.81. The predicted molar refractivity (Wildman–Crippen MR) is 72.9 cm³/mol. The smallest absolute Gasteiger partial charge is 0.157 e. The number of halogens is 1. The minimum Gasteiger partial charge on any atom is -0.497 e. The maximum atomic E-state index is 5.69. The molecule has 0 saturated carbocycles. The van der Waals surface area contributed by atoms with Crippen LogP contribution in [0.2, 0.25) is 0 Å². The molecular formula is C13H15BrN2O2. The Balaban J connectivity index is 2.05. The molecule has 5 heteroatoms. The van der Waals surface area contributed by atoms with Crippen molar-refractivity contribution in [2.24, 2.45) is 0 Å². The maximum Gasteiger partial charge on any atom is 0.157 e. The number of benzene rings is 1. The van der Waals surface area contributed by atoms with Crippen LogP contribution in [0.15, 0.2) is 35.1 Å². The highest BCUT2D eigenvalue weighted by molar-refractivity contribution is 9.10. The third-order valence-electron chi connectivity index (χ3n) is 2.58. The Morgan fingerprint density at radius 1 is 1.33 bits per heavy atom. The molecule has 0 saturated heterocycles. The summed E-state index contributed by atoms with van der Waals surface area (Å²) >= 11 is 3.50. The number of aromatic nitrogens is 2. The van der Waals surface area contributed by atoms with Crippen molar-refractivity contribution in [3.63, 3.8) is 0 Å². The fourth-order valence-corrected chi connectivity index (χ4v) is 1.90. The Bertz CT molecular complexity index is 525. The number of rotatable bonds is 5. The summed E-state index contributed by atoms with van der Waals surface area (Å²) in [6.07, 6.45) is 3.60. The van der Waals surface area contributed by atoms with Crippen LogP contribution in [0, 0.1) is 0 Å². The molecule has 0 bridgehead atoms. The van der Waals surface area contributed by atoms with Gasteiger partial charge in [0.2, 0.25) is 0 Å². The quantitative estimate of drug-likeness (QED) is 0.850. The van der Waals surface area contributed by atoms with Crippen molar-refractivity contribution in [3.05, 3.63) is 40.6 Å². The van der Waals surface area contributed by atoms with Crippen LogP contribution in [0.5, 0.6) is 11.5 Å². The Labute approximate surface area is 115 Å². The van der Waals surface area contributed by atoms with Gasteiger partial charge in [-0.2, -0.15) is 5.10 Å². The molecule has 0 radical (unpaired) electrons. The van der Waals surface area contributed by atoms with Crippen molar-refractivity contribution in [3.8, 4) is 11.5 Å². The van der Waals surface area contributed by atoms with Crippen molar-refractivity contribution in [2.75, 3.05) is 7.11 Å². The third-order valence-corrected chi connectivity index (χ3v) is 3.35. The zero-order valence-corrected chi connectivity index (χ0v) is 12.0. The second kappa shape index (κ2) is 5.91. The summed E-state index contributed by atoms with van der Waals surface area (Å²) in [5.74, 6) is 1.59. The lowest BCUT2D eigenvalue weighted by Crippen LogP contribution is -1.97. The SMILES string of the molecule is CCn1cc(OCc2cc(OC)ccc2Br)cn1. The van der Waals surface area contributed by atoms with Gasteiger partial charge in [-0.3, -0.25) is 4.68 Å². The molecule has 0 aliphatic carbocycles. The van der Waals surface area contributed by atoms with E-state index in [1.165, 1.54) is 0 Å². The molecule has 1 heterocycles. The molecule has 1 aromatic heterocycles. The van der Waals surface area contributed by atoms with Crippen molar-refractivity contribution in [1.82, 2.24) is 9.78 Å². The molecule has 0 unspecified atom stereocenters. The number of aryl methyl sites for hydroxylation is 1. The van der Waals surface area contributed by atoms with Gasteiger partial charge >= 0.3 is 0 Å². The molecule has 4 nitrogen and oxygen atoms in total. The largest absolute Gasteiger partial charge is 0.497 e. The maximum absolute atomic E-state index is 5.69. The van der Waals surface area contributed by atoms with E-state index in [0.29, 0.717) is 6.61 Å². The molecule has 0 fully saturated rings. The van der Waals surface area contributed by atoms with E-state index in [9.17, 15) is 0 Å². The van der Waals surface area contributed by atoms with Gasteiger partial charge in [0.05, 0.1) is 19.5 Å². The molecular weight excluding hydrogens is 296 g/mol. The van der Waals surface area contributed by atoms with Crippen LogP contribution in [0.3, 0.4) is 0 Å². The Morgan fingerprint density at radius 3 is 2.83 bits per heavy atom. The van der Waals surface area contributed by atoms with Gasteiger partial charge in [0.1, 0.15) is 12.4 Å². The molecule has 0 amide bonds. The van der Waals surface area contributed by atoms with Gasteiger partial charge in [0.25, 0.3) is 0 Å². The fraction of sp³-hybridized carbons (Fsp3) is 0.308. The molecule has 0 N–H and O–H groups in total. The molecule has 2 aromatic rings. The zero-order valence-electron chi connectivity index (χ0n) is 10.4. The van der Waals surface area contributed by atoms with E-state index in [4.69, 9.17) is 9.47 Å². The van der Waals surface area contributed by atoms with Crippen LogP contribution in [0.4, 0.5) is 0 Å². The minimum absolute atomic E-state index is 0.479. The van der Waals surface area contributed by atoms with Crippen molar-refractivity contribution >= 4 is 15.9 Å². The van der Waals surface area contributed by atoms with E-state index < -0.39 is 0 Å². The van der Waals surface area contributed by atoms with Crippen LogP contribution in [-0.2, 0) is 13.2 Å². The standard InChI is InChI=1S/C13H15BrN2O2/c1-3-16-8-12(7-15-16)18-9-10-6-11(17-2)4-5-13(10)14/h4-8H,3,9H2,1-2H3. The van der Waals surface area contributed by atoms with E-state index in [2.05, 4.69) is 21.0 Å². The lowest BCUT2D eigenvalue weighted by molar-refractivity contribution is 0.304. The van der Waals surface area contributed by atoms with Crippen LogP contribution in [0.1, 0.15) is 12.5 Å². The third kappa shape index (κ3) is 3.04. The lowest BCUT2D eigenvalue weighted by atomic mass is 10.2.